The zero-order valence-electron chi connectivity index (χ0n) is 16.8. The zero-order valence-corrected chi connectivity index (χ0v) is 18.3. The van der Waals surface area contributed by atoms with Crippen LogP contribution in [0.5, 0.6) is 5.75 Å². The minimum Gasteiger partial charge on any atom is -0.507 e. The number of amides is 1. The summed E-state index contributed by atoms with van der Waals surface area (Å²) in [4.78, 5) is 28.7. The van der Waals surface area contributed by atoms with Gasteiger partial charge in [0.15, 0.2) is 0 Å². The van der Waals surface area contributed by atoms with Crippen molar-refractivity contribution in [1.82, 2.24) is 4.90 Å². The molecule has 5 nitrogen and oxygen atoms in total. The van der Waals surface area contributed by atoms with Crippen molar-refractivity contribution in [3.63, 3.8) is 0 Å². The van der Waals surface area contributed by atoms with Crippen molar-refractivity contribution in [2.75, 3.05) is 6.61 Å². The fourth-order valence-corrected chi connectivity index (χ4v) is 5.39. The fourth-order valence-electron chi connectivity index (χ4n) is 4.38. The molecule has 7 heteroatoms. The molecule has 0 radical (unpaired) electrons. The second-order valence-corrected chi connectivity index (χ2v) is 8.98. The van der Waals surface area contributed by atoms with E-state index < -0.39 is 17.7 Å². The summed E-state index contributed by atoms with van der Waals surface area (Å²) >= 11 is 7.66. The van der Waals surface area contributed by atoms with Crippen LogP contribution in [0.2, 0.25) is 5.02 Å². The molecule has 158 valence electrons. The van der Waals surface area contributed by atoms with Crippen molar-refractivity contribution in [3.05, 3.63) is 56.7 Å². The number of aliphatic hydroxyl groups excluding tert-OH is 1. The van der Waals surface area contributed by atoms with E-state index in [0.29, 0.717) is 22.9 Å². The topological polar surface area (TPSA) is 66.8 Å². The lowest BCUT2D eigenvalue weighted by atomic mass is 9.93. The van der Waals surface area contributed by atoms with Gasteiger partial charge in [-0.15, -0.1) is 11.3 Å². The van der Waals surface area contributed by atoms with Crippen LogP contribution in [0.1, 0.15) is 55.5 Å². The molecule has 1 N–H and O–H groups in total. The molecule has 1 aromatic carbocycles. The summed E-state index contributed by atoms with van der Waals surface area (Å²) in [6, 6.07) is 8.13. The Morgan fingerprint density at radius 1 is 1.23 bits per heavy atom. The number of nitrogens with zero attached hydrogens (tertiary/aromatic N) is 1. The van der Waals surface area contributed by atoms with Gasteiger partial charge in [-0.05, 0) is 49.4 Å². The van der Waals surface area contributed by atoms with E-state index in [1.54, 1.807) is 23.1 Å². The Morgan fingerprint density at radius 3 is 2.67 bits per heavy atom. The van der Waals surface area contributed by atoms with Crippen molar-refractivity contribution in [1.29, 1.82) is 0 Å². The number of ketones is 1. The van der Waals surface area contributed by atoms with E-state index >= 15 is 0 Å². The van der Waals surface area contributed by atoms with Gasteiger partial charge in [-0.25, -0.2) is 0 Å². The third-order valence-corrected chi connectivity index (χ3v) is 7.00. The first kappa shape index (κ1) is 20.9. The van der Waals surface area contributed by atoms with E-state index in [1.165, 1.54) is 11.3 Å². The van der Waals surface area contributed by atoms with Gasteiger partial charge < -0.3 is 14.7 Å². The number of Topliss-reactive ketones (excluding diaryl/α,β-unsaturated/α-hetero) is 1. The lowest BCUT2D eigenvalue weighted by Gasteiger charge is -2.34. The largest absolute Gasteiger partial charge is 0.507 e. The number of likely N-dealkylation sites (tertiary alicyclic amines) is 1. The molecule has 0 bridgehead atoms. The molecule has 2 heterocycles. The van der Waals surface area contributed by atoms with Gasteiger partial charge in [0.1, 0.15) is 11.5 Å². The van der Waals surface area contributed by atoms with Gasteiger partial charge in [0.25, 0.3) is 11.7 Å². The first-order valence-corrected chi connectivity index (χ1v) is 11.5. The number of benzene rings is 1. The second-order valence-electron chi connectivity index (χ2n) is 7.59. The standard InChI is InChI=1S/C23H24ClNO4S/c1-2-29-17-13-14(10-11-16(17)24)21(26)19-20(18-9-6-12-30-18)25(23(28)22(19)27)15-7-4-3-5-8-15/h6,9-13,15,20,26H,2-5,7-8H2,1H3/b21-19-. The van der Waals surface area contributed by atoms with Crippen LogP contribution in [0.4, 0.5) is 0 Å². The maximum atomic E-state index is 13.1. The van der Waals surface area contributed by atoms with Gasteiger partial charge >= 0.3 is 0 Å². The molecule has 1 aromatic heterocycles. The van der Waals surface area contributed by atoms with Crippen LogP contribution in [0.15, 0.2) is 41.3 Å². The summed E-state index contributed by atoms with van der Waals surface area (Å²) in [6.45, 7) is 2.26. The summed E-state index contributed by atoms with van der Waals surface area (Å²) in [6.07, 6.45) is 4.99. The van der Waals surface area contributed by atoms with Crippen LogP contribution in [0, 0.1) is 0 Å². The van der Waals surface area contributed by atoms with E-state index in [2.05, 4.69) is 0 Å². The molecule has 1 aliphatic heterocycles. The molecule has 30 heavy (non-hydrogen) atoms. The van der Waals surface area contributed by atoms with Gasteiger partial charge in [-0.2, -0.15) is 0 Å². The minimum absolute atomic E-state index is 0.0109. The van der Waals surface area contributed by atoms with Crippen LogP contribution in [-0.2, 0) is 9.59 Å². The smallest absolute Gasteiger partial charge is 0.295 e. The highest BCUT2D eigenvalue weighted by atomic mass is 35.5. The predicted molar refractivity (Wildman–Crippen MR) is 118 cm³/mol. The van der Waals surface area contributed by atoms with Crippen molar-refractivity contribution in [2.45, 2.75) is 51.1 Å². The van der Waals surface area contributed by atoms with E-state index in [-0.39, 0.29) is 17.4 Å². The van der Waals surface area contributed by atoms with Crippen LogP contribution in [0.25, 0.3) is 5.76 Å². The molecule has 1 saturated heterocycles. The van der Waals surface area contributed by atoms with Gasteiger partial charge in [-0.3, -0.25) is 9.59 Å². The Kier molecular flexibility index (Phi) is 6.16. The highest BCUT2D eigenvalue weighted by molar-refractivity contribution is 7.10. The normalized spacial score (nSPS) is 21.9. The molecule has 2 fully saturated rings. The van der Waals surface area contributed by atoms with E-state index in [0.717, 1.165) is 37.0 Å². The number of hydrogen-bond donors (Lipinski definition) is 1. The van der Waals surface area contributed by atoms with Crippen molar-refractivity contribution in [3.8, 4) is 5.75 Å². The average molecular weight is 446 g/mol. The maximum absolute atomic E-state index is 13.1. The third-order valence-electron chi connectivity index (χ3n) is 5.77. The first-order chi connectivity index (χ1) is 14.5. The molecule has 1 unspecified atom stereocenters. The highest BCUT2D eigenvalue weighted by Crippen LogP contribution is 2.44. The molecule has 4 rings (SSSR count). The Morgan fingerprint density at radius 2 is 2.00 bits per heavy atom. The number of hydrogen-bond acceptors (Lipinski definition) is 5. The van der Waals surface area contributed by atoms with E-state index in [9.17, 15) is 14.7 Å². The zero-order chi connectivity index (χ0) is 21.3. The second kappa shape index (κ2) is 8.82. The number of thiophene rings is 1. The SMILES string of the molecule is CCOc1cc(/C(O)=C2/C(=O)C(=O)N(C3CCCCC3)C2c2cccs2)ccc1Cl. The minimum atomic E-state index is -0.635. The average Bonchev–Trinajstić information content (AvgIpc) is 3.37. The number of ether oxygens (including phenoxy) is 1. The van der Waals surface area contributed by atoms with E-state index in [4.69, 9.17) is 16.3 Å². The van der Waals surface area contributed by atoms with Gasteiger partial charge in [-0.1, -0.05) is 36.9 Å². The lowest BCUT2D eigenvalue weighted by molar-refractivity contribution is -0.141. The molecule has 2 aliphatic rings. The number of aliphatic hydroxyl groups is 1. The van der Waals surface area contributed by atoms with E-state index in [1.807, 2.05) is 24.4 Å². The van der Waals surface area contributed by atoms with Gasteiger partial charge in [0.05, 0.1) is 23.2 Å². The Bertz CT molecular complexity index is 979. The van der Waals surface area contributed by atoms with Gasteiger partial charge in [0, 0.05) is 16.5 Å². The summed E-state index contributed by atoms with van der Waals surface area (Å²) in [5, 5.41) is 13.5. The molecule has 1 amide bonds. The Hall–Kier alpha value is -2.31. The van der Waals surface area contributed by atoms with Crippen LogP contribution >= 0.6 is 22.9 Å². The van der Waals surface area contributed by atoms with Crippen LogP contribution in [-0.4, -0.2) is 34.3 Å². The molecule has 0 spiro atoms. The molecular formula is C23H24ClNO4S. The molecule has 1 saturated carbocycles. The van der Waals surface area contributed by atoms with Crippen molar-refractivity contribution < 1.29 is 19.4 Å². The molecule has 2 aromatic rings. The Balaban J connectivity index is 1.83. The number of halogens is 1. The van der Waals surface area contributed by atoms with Crippen molar-refractivity contribution in [2.24, 2.45) is 0 Å². The quantitative estimate of drug-likeness (QED) is 0.372. The Labute approximate surface area is 184 Å². The number of carbonyl (C=O) groups is 2. The number of rotatable bonds is 5. The van der Waals surface area contributed by atoms with Crippen LogP contribution in [0.3, 0.4) is 0 Å². The highest BCUT2D eigenvalue weighted by Gasteiger charge is 2.49. The summed E-state index contributed by atoms with van der Waals surface area (Å²) in [5.74, 6) is -0.926. The summed E-state index contributed by atoms with van der Waals surface area (Å²) in [7, 11) is 0. The van der Waals surface area contributed by atoms with Crippen LogP contribution < -0.4 is 4.74 Å². The summed E-state index contributed by atoms with van der Waals surface area (Å²) < 4.78 is 5.53. The van der Waals surface area contributed by atoms with Crippen molar-refractivity contribution >= 4 is 40.4 Å². The third kappa shape index (κ3) is 3.74. The molecule has 1 aliphatic carbocycles. The predicted octanol–water partition coefficient (Wildman–Crippen LogP) is 5.55. The maximum Gasteiger partial charge on any atom is 0.295 e. The monoisotopic (exact) mass is 445 g/mol. The first-order valence-electron chi connectivity index (χ1n) is 10.3. The molecular weight excluding hydrogens is 422 g/mol. The fraction of sp³-hybridized carbons (Fsp3) is 0.391. The molecule has 1 atom stereocenters. The number of carbonyl (C=O) groups excluding carboxylic acids is 2. The summed E-state index contributed by atoms with van der Waals surface area (Å²) in [5.41, 5.74) is 0.545. The van der Waals surface area contributed by atoms with Gasteiger partial charge in [0.2, 0.25) is 0 Å². The lowest BCUT2D eigenvalue weighted by Crippen LogP contribution is -2.40.